The van der Waals surface area contributed by atoms with Crippen molar-refractivity contribution < 1.29 is 18.3 Å². The van der Waals surface area contributed by atoms with Gasteiger partial charge in [0.1, 0.15) is 28.7 Å². The average molecular weight is 605 g/mol. The lowest BCUT2D eigenvalue weighted by molar-refractivity contribution is 0.102. The Balaban J connectivity index is 1.39. The Hall–Kier alpha value is -4.29. The number of nitrogens with one attached hydrogen (secondary N) is 1. The zero-order valence-corrected chi connectivity index (χ0v) is 25.4. The third-order valence-corrected chi connectivity index (χ3v) is 7.92. The van der Waals surface area contributed by atoms with Gasteiger partial charge in [0.05, 0.1) is 36.4 Å². The summed E-state index contributed by atoms with van der Waals surface area (Å²) >= 11 is 0. The van der Waals surface area contributed by atoms with Crippen LogP contribution in [0.5, 0.6) is 0 Å². The van der Waals surface area contributed by atoms with Gasteiger partial charge >= 0.3 is 0 Å². The number of anilines is 2. The van der Waals surface area contributed by atoms with Crippen LogP contribution in [0.1, 0.15) is 55.0 Å². The van der Waals surface area contributed by atoms with Crippen molar-refractivity contribution in [2.75, 3.05) is 30.4 Å². The molecular formula is C32H38F2N8O2. The Labute approximate surface area is 255 Å². The monoisotopic (exact) mass is 604 g/mol. The topological polar surface area (TPSA) is 124 Å². The SMILES string of the molecule is CCC1CN(c2ccncc2NC(=O)c2ccc(F)c(-c3c(F)cccc3CC(C)C)n2)CC(N)C1n1cc(COC)nn1. The molecule has 1 fully saturated rings. The highest BCUT2D eigenvalue weighted by Gasteiger charge is 2.37. The molecule has 10 nitrogen and oxygen atoms in total. The first kappa shape index (κ1) is 31.1. The minimum atomic E-state index is -0.706. The van der Waals surface area contributed by atoms with Gasteiger partial charge in [0.25, 0.3) is 5.91 Å². The van der Waals surface area contributed by atoms with Crippen LogP contribution in [-0.4, -0.2) is 57.1 Å². The van der Waals surface area contributed by atoms with Gasteiger partial charge in [-0.25, -0.2) is 18.4 Å². The first-order chi connectivity index (χ1) is 21.2. The summed E-state index contributed by atoms with van der Waals surface area (Å²) in [5, 5.41) is 11.4. The Bertz CT molecular complexity index is 1610. The van der Waals surface area contributed by atoms with Crippen LogP contribution in [0.3, 0.4) is 0 Å². The van der Waals surface area contributed by atoms with E-state index in [1.54, 1.807) is 31.6 Å². The molecule has 4 aromatic rings. The molecule has 3 aromatic heterocycles. The Morgan fingerprint density at radius 2 is 1.98 bits per heavy atom. The molecule has 3 atom stereocenters. The van der Waals surface area contributed by atoms with Gasteiger partial charge in [-0.2, -0.15) is 0 Å². The van der Waals surface area contributed by atoms with Gasteiger partial charge in [-0.05, 0) is 48.6 Å². The van der Waals surface area contributed by atoms with Crippen molar-refractivity contribution in [2.24, 2.45) is 17.6 Å². The lowest BCUT2D eigenvalue weighted by atomic mass is 9.86. The zero-order valence-electron chi connectivity index (χ0n) is 25.4. The zero-order chi connectivity index (χ0) is 31.4. The van der Waals surface area contributed by atoms with E-state index in [-0.39, 0.29) is 40.9 Å². The normalized spacial score (nSPS) is 18.5. The van der Waals surface area contributed by atoms with Gasteiger partial charge in [0, 0.05) is 43.9 Å². The number of ether oxygens (including phenoxy) is 1. The van der Waals surface area contributed by atoms with Gasteiger partial charge in [0.2, 0.25) is 0 Å². The van der Waals surface area contributed by atoms with Gasteiger partial charge in [-0.3, -0.25) is 9.78 Å². The predicted octanol–water partition coefficient (Wildman–Crippen LogP) is 5.03. The highest BCUT2D eigenvalue weighted by Crippen LogP contribution is 2.35. The molecule has 0 spiro atoms. The van der Waals surface area contributed by atoms with E-state index in [1.807, 2.05) is 30.8 Å². The maximum Gasteiger partial charge on any atom is 0.274 e. The largest absolute Gasteiger partial charge is 0.378 e. The van der Waals surface area contributed by atoms with Crippen LogP contribution in [0, 0.1) is 23.5 Å². The van der Waals surface area contributed by atoms with E-state index in [4.69, 9.17) is 10.5 Å². The molecule has 0 saturated carbocycles. The summed E-state index contributed by atoms with van der Waals surface area (Å²) in [5.41, 5.74) is 9.13. The van der Waals surface area contributed by atoms with Crippen molar-refractivity contribution >= 4 is 17.3 Å². The van der Waals surface area contributed by atoms with E-state index < -0.39 is 17.5 Å². The van der Waals surface area contributed by atoms with Crippen LogP contribution in [0.2, 0.25) is 0 Å². The van der Waals surface area contributed by atoms with E-state index >= 15 is 8.78 Å². The Morgan fingerprint density at radius 1 is 1.16 bits per heavy atom. The highest BCUT2D eigenvalue weighted by molar-refractivity contribution is 6.04. The summed E-state index contributed by atoms with van der Waals surface area (Å²) < 4.78 is 37.1. The van der Waals surface area contributed by atoms with E-state index in [0.717, 1.165) is 23.9 Å². The summed E-state index contributed by atoms with van der Waals surface area (Å²) in [7, 11) is 1.61. The molecule has 3 unspecified atom stereocenters. The molecular weight excluding hydrogens is 566 g/mol. The molecule has 5 rings (SSSR count). The van der Waals surface area contributed by atoms with Gasteiger partial charge in [-0.1, -0.05) is 38.1 Å². The molecule has 1 amide bonds. The van der Waals surface area contributed by atoms with E-state index in [0.29, 0.717) is 37.4 Å². The number of rotatable bonds is 10. The number of pyridine rings is 2. The summed E-state index contributed by atoms with van der Waals surface area (Å²) in [6.45, 7) is 7.63. The maximum atomic E-state index is 15.0. The number of amides is 1. The van der Waals surface area contributed by atoms with Crippen LogP contribution < -0.4 is 16.0 Å². The number of carbonyl (C=O) groups excluding carboxylic acids is 1. The molecule has 0 radical (unpaired) electrons. The number of nitrogens with two attached hydrogens (primary N) is 1. The van der Waals surface area contributed by atoms with Crippen LogP contribution in [0.15, 0.2) is 55.0 Å². The van der Waals surface area contributed by atoms with E-state index in [2.05, 4.69) is 37.4 Å². The maximum absolute atomic E-state index is 15.0. The second-order valence-corrected chi connectivity index (χ2v) is 11.6. The quantitative estimate of drug-likeness (QED) is 0.259. The van der Waals surface area contributed by atoms with Crippen molar-refractivity contribution in [1.82, 2.24) is 25.0 Å². The first-order valence-electron chi connectivity index (χ1n) is 14.8. The van der Waals surface area contributed by atoms with Crippen molar-refractivity contribution in [1.29, 1.82) is 0 Å². The number of carbonyl (C=O) groups is 1. The molecule has 1 aliphatic heterocycles. The number of hydrogen-bond acceptors (Lipinski definition) is 8. The second-order valence-electron chi connectivity index (χ2n) is 11.6. The van der Waals surface area contributed by atoms with Crippen molar-refractivity contribution in [3.05, 3.63) is 83.6 Å². The second kappa shape index (κ2) is 13.6. The number of halogens is 2. The van der Waals surface area contributed by atoms with Crippen molar-refractivity contribution in [3.63, 3.8) is 0 Å². The van der Waals surface area contributed by atoms with Crippen LogP contribution in [-0.2, 0) is 17.8 Å². The number of hydrogen-bond donors (Lipinski definition) is 2. The summed E-state index contributed by atoms with van der Waals surface area (Å²) in [4.78, 5) is 24.1. The highest BCUT2D eigenvalue weighted by atomic mass is 19.1. The van der Waals surface area contributed by atoms with Gasteiger partial charge in [0.15, 0.2) is 0 Å². The fourth-order valence-electron chi connectivity index (χ4n) is 5.96. The third kappa shape index (κ3) is 6.61. The predicted molar refractivity (Wildman–Crippen MR) is 164 cm³/mol. The molecule has 1 aromatic carbocycles. The fourth-order valence-corrected chi connectivity index (χ4v) is 5.96. The smallest absolute Gasteiger partial charge is 0.274 e. The molecule has 232 valence electrons. The van der Waals surface area contributed by atoms with E-state index in [1.165, 1.54) is 12.1 Å². The first-order valence-corrected chi connectivity index (χ1v) is 14.8. The number of benzene rings is 1. The molecule has 0 aliphatic carbocycles. The number of methoxy groups -OCH3 is 1. The molecule has 44 heavy (non-hydrogen) atoms. The third-order valence-electron chi connectivity index (χ3n) is 7.92. The Kier molecular flexibility index (Phi) is 9.60. The Morgan fingerprint density at radius 3 is 2.73 bits per heavy atom. The van der Waals surface area contributed by atoms with Gasteiger partial charge in [-0.15, -0.1) is 5.10 Å². The van der Waals surface area contributed by atoms with Crippen molar-refractivity contribution in [2.45, 2.75) is 52.3 Å². The summed E-state index contributed by atoms with van der Waals surface area (Å²) in [5.74, 6) is -1.50. The van der Waals surface area contributed by atoms with Crippen LogP contribution >= 0.6 is 0 Å². The number of aromatic nitrogens is 5. The minimum absolute atomic E-state index is 0.0464. The summed E-state index contributed by atoms with van der Waals surface area (Å²) in [6.07, 6.45) is 6.47. The molecule has 4 heterocycles. The molecule has 1 saturated heterocycles. The number of piperidine rings is 1. The minimum Gasteiger partial charge on any atom is -0.378 e. The van der Waals surface area contributed by atoms with Crippen molar-refractivity contribution in [3.8, 4) is 11.3 Å². The van der Waals surface area contributed by atoms with Crippen LogP contribution in [0.4, 0.5) is 20.2 Å². The lowest BCUT2D eigenvalue weighted by Gasteiger charge is -2.43. The average Bonchev–Trinajstić information content (AvgIpc) is 3.45. The molecule has 0 bridgehead atoms. The molecule has 3 N–H and O–H groups in total. The van der Waals surface area contributed by atoms with E-state index in [9.17, 15) is 4.79 Å². The van der Waals surface area contributed by atoms with Crippen LogP contribution in [0.25, 0.3) is 11.3 Å². The summed E-state index contributed by atoms with van der Waals surface area (Å²) in [6, 6.07) is 8.54. The lowest BCUT2D eigenvalue weighted by Crippen LogP contribution is -2.54. The fraction of sp³-hybridized carbons (Fsp3) is 0.406. The standard InChI is InChI=1S/C32H38F2N8O2/c1-5-20-15-41(17-25(35)31(20)42-16-22(18-44-4)39-40-42)28-11-12-36-14-27(28)38-32(43)26-10-9-24(34)30(37-26)29-21(13-19(2)3)7-6-8-23(29)33/h6-12,14,16,19-20,25,31H,5,13,15,17-18,35H2,1-4H3,(H,38,43). The molecule has 1 aliphatic rings. The molecule has 12 heteroatoms. The van der Waals surface area contributed by atoms with Gasteiger partial charge < -0.3 is 20.7 Å². The number of nitrogens with zero attached hydrogens (tertiary/aromatic N) is 6.